The van der Waals surface area contributed by atoms with Crippen LogP contribution in [0, 0.1) is 5.41 Å². The summed E-state index contributed by atoms with van der Waals surface area (Å²) < 4.78 is 5.72. The number of rotatable bonds is 3. The predicted octanol–water partition coefficient (Wildman–Crippen LogP) is 3.13. The van der Waals surface area contributed by atoms with Crippen molar-refractivity contribution in [3.63, 3.8) is 0 Å². The predicted molar refractivity (Wildman–Crippen MR) is 72.0 cm³/mol. The van der Waals surface area contributed by atoms with Gasteiger partial charge < -0.3 is 10.5 Å². The van der Waals surface area contributed by atoms with Crippen LogP contribution < -0.4 is 5.73 Å². The molecular weight excluding hydrogens is 314 g/mol. The first-order valence-electron chi connectivity index (χ1n) is 4.47. The van der Waals surface area contributed by atoms with Gasteiger partial charge in [0.25, 0.3) is 0 Å². The van der Waals surface area contributed by atoms with Crippen molar-refractivity contribution in [3.05, 3.63) is 20.8 Å². The van der Waals surface area contributed by atoms with E-state index in [0.717, 1.165) is 9.35 Å². The number of esters is 1. The van der Waals surface area contributed by atoms with E-state index in [1.807, 2.05) is 11.4 Å². The molecule has 1 atom stereocenters. The van der Waals surface area contributed by atoms with Crippen molar-refractivity contribution < 1.29 is 9.53 Å². The first kappa shape index (κ1) is 15.9. The average Bonchev–Trinajstić information content (AvgIpc) is 2.62. The molecule has 0 saturated heterocycles. The van der Waals surface area contributed by atoms with Crippen LogP contribution in [0.5, 0.6) is 0 Å². The minimum absolute atomic E-state index is 0. The Balaban J connectivity index is 0.00000225. The quantitative estimate of drug-likeness (QED) is 0.867. The zero-order chi connectivity index (χ0) is 11.6. The highest BCUT2D eigenvalue weighted by Gasteiger charge is 2.37. The minimum Gasteiger partial charge on any atom is -0.469 e. The molecule has 2 N–H and O–H groups in total. The Bertz CT molecular complexity index is 367. The van der Waals surface area contributed by atoms with Crippen LogP contribution in [0.15, 0.2) is 15.9 Å². The molecule has 1 heterocycles. The van der Waals surface area contributed by atoms with E-state index in [4.69, 9.17) is 10.5 Å². The molecule has 0 unspecified atom stereocenters. The summed E-state index contributed by atoms with van der Waals surface area (Å²) in [5, 5.41) is 1.95. The van der Waals surface area contributed by atoms with Gasteiger partial charge in [0, 0.05) is 14.7 Å². The van der Waals surface area contributed by atoms with E-state index in [-0.39, 0.29) is 24.4 Å². The molecule has 1 rings (SSSR count). The van der Waals surface area contributed by atoms with Crippen LogP contribution in [0.4, 0.5) is 0 Å². The van der Waals surface area contributed by atoms with Crippen molar-refractivity contribution in [2.45, 2.75) is 19.9 Å². The van der Waals surface area contributed by atoms with E-state index in [1.165, 1.54) is 18.4 Å². The van der Waals surface area contributed by atoms with Gasteiger partial charge in [0.2, 0.25) is 0 Å². The number of hydrogen-bond acceptors (Lipinski definition) is 4. The number of nitrogens with two attached hydrogens (primary N) is 1. The van der Waals surface area contributed by atoms with Crippen molar-refractivity contribution in [2.75, 3.05) is 7.11 Å². The number of methoxy groups -OCH3 is 1. The van der Waals surface area contributed by atoms with E-state index in [1.54, 1.807) is 13.8 Å². The normalized spacial score (nSPS) is 12.8. The molecule has 0 radical (unpaired) electrons. The van der Waals surface area contributed by atoms with Gasteiger partial charge in [-0.15, -0.1) is 23.7 Å². The van der Waals surface area contributed by atoms with Crippen LogP contribution in [-0.4, -0.2) is 13.1 Å². The summed E-state index contributed by atoms with van der Waals surface area (Å²) in [5.41, 5.74) is 5.34. The Morgan fingerprint density at radius 3 is 2.56 bits per heavy atom. The lowest BCUT2D eigenvalue weighted by Gasteiger charge is -2.27. The highest BCUT2D eigenvalue weighted by molar-refractivity contribution is 9.10. The number of carbonyl (C=O) groups is 1. The Kier molecular flexibility index (Phi) is 5.96. The lowest BCUT2D eigenvalue weighted by molar-refractivity contribution is -0.152. The molecule has 0 aliphatic rings. The van der Waals surface area contributed by atoms with Gasteiger partial charge in [-0.3, -0.25) is 4.79 Å². The second-order valence-corrected chi connectivity index (χ2v) is 5.72. The summed E-state index contributed by atoms with van der Waals surface area (Å²) in [6.07, 6.45) is 0. The largest absolute Gasteiger partial charge is 0.469 e. The maximum atomic E-state index is 11.5. The van der Waals surface area contributed by atoms with Crippen LogP contribution in [0.25, 0.3) is 0 Å². The maximum absolute atomic E-state index is 11.5. The minimum atomic E-state index is -0.709. The number of hydrogen-bond donors (Lipinski definition) is 1. The molecule has 0 aliphatic heterocycles. The van der Waals surface area contributed by atoms with Gasteiger partial charge in [-0.1, -0.05) is 0 Å². The molecule has 1 aromatic heterocycles. The molecule has 0 bridgehead atoms. The number of thiophene rings is 1. The SMILES string of the molecule is COC(=O)C(C)(C)[C@@H](N)c1cc(Br)cs1.Cl. The summed E-state index contributed by atoms with van der Waals surface area (Å²) in [4.78, 5) is 12.5. The third-order valence-electron chi connectivity index (χ3n) is 2.38. The van der Waals surface area contributed by atoms with Crippen LogP contribution >= 0.6 is 39.7 Å². The van der Waals surface area contributed by atoms with E-state index in [2.05, 4.69) is 15.9 Å². The first-order chi connectivity index (χ1) is 6.89. The highest BCUT2D eigenvalue weighted by Crippen LogP contribution is 2.36. The van der Waals surface area contributed by atoms with Crippen LogP contribution in [0.1, 0.15) is 24.8 Å². The zero-order valence-corrected chi connectivity index (χ0v) is 12.5. The summed E-state index contributed by atoms with van der Waals surface area (Å²) in [7, 11) is 1.38. The third-order valence-corrected chi connectivity index (χ3v) is 4.16. The Hall–Kier alpha value is -0.100. The van der Waals surface area contributed by atoms with Crippen LogP contribution in [-0.2, 0) is 9.53 Å². The van der Waals surface area contributed by atoms with Crippen molar-refractivity contribution in [1.29, 1.82) is 0 Å². The van der Waals surface area contributed by atoms with E-state index in [9.17, 15) is 4.79 Å². The monoisotopic (exact) mass is 327 g/mol. The number of carbonyl (C=O) groups excluding carboxylic acids is 1. The van der Waals surface area contributed by atoms with Gasteiger partial charge in [-0.2, -0.15) is 0 Å². The summed E-state index contributed by atoms with van der Waals surface area (Å²) in [6.45, 7) is 3.58. The third kappa shape index (κ3) is 3.20. The van der Waals surface area contributed by atoms with Crippen molar-refractivity contribution in [1.82, 2.24) is 0 Å². The fourth-order valence-corrected chi connectivity index (χ4v) is 2.87. The lowest BCUT2D eigenvalue weighted by atomic mass is 9.84. The summed E-state index contributed by atoms with van der Waals surface area (Å²) in [5.74, 6) is -0.292. The van der Waals surface area contributed by atoms with Crippen molar-refractivity contribution in [3.8, 4) is 0 Å². The Morgan fingerprint density at radius 1 is 1.62 bits per heavy atom. The first-order valence-corrected chi connectivity index (χ1v) is 6.14. The summed E-state index contributed by atoms with van der Waals surface area (Å²) >= 11 is 4.89. The van der Waals surface area contributed by atoms with Gasteiger partial charge in [0.05, 0.1) is 18.6 Å². The second kappa shape index (κ2) is 6.00. The van der Waals surface area contributed by atoms with Gasteiger partial charge >= 0.3 is 5.97 Å². The molecule has 0 spiro atoms. The number of halogens is 2. The Labute approximate surface area is 114 Å². The smallest absolute Gasteiger partial charge is 0.313 e. The second-order valence-electron chi connectivity index (χ2n) is 3.86. The van der Waals surface area contributed by atoms with Gasteiger partial charge in [0.1, 0.15) is 0 Å². The highest BCUT2D eigenvalue weighted by atomic mass is 79.9. The number of ether oxygens (including phenoxy) is 1. The molecule has 3 nitrogen and oxygen atoms in total. The van der Waals surface area contributed by atoms with E-state index >= 15 is 0 Å². The van der Waals surface area contributed by atoms with Crippen molar-refractivity contribution in [2.24, 2.45) is 11.1 Å². The molecule has 92 valence electrons. The molecule has 0 fully saturated rings. The van der Waals surface area contributed by atoms with Crippen molar-refractivity contribution >= 4 is 45.6 Å². The topological polar surface area (TPSA) is 52.3 Å². The van der Waals surface area contributed by atoms with Gasteiger partial charge in [0.15, 0.2) is 0 Å². The van der Waals surface area contributed by atoms with Crippen LogP contribution in [0.2, 0.25) is 0 Å². The van der Waals surface area contributed by atoms with E-state index < -0.39 is 5.41 Å². The molecule has 0 amide bonds. The maximum Gasteiger partial charge on any atom is 0.313 e. The molecule has 16 heavy (non-hydrogen) atoms. The fraction of sp³-hybridized carbons (Fsp3) is 0.500. The molecule has 0 saturated carbocycles. The van der Waals surface area contributed by atoms with Gasteiger partial charge in [-0.25, -0.2) is 0 Å². The molecule has 0 aliphatic carbocycles. The zero-order valence-electron chi connectivity index (χ0n) is 9.32. The lowest BCUT2D eigenvalue weighted by Crippen LogP contribution is -2.36. The average molecular weight is 329 g/mol. The van der Waals surface area contributed by atoms with E-state index in [0.29, 0.717) is 0 Å². The standard InChI is InChI=1S/C10H14BrNO2S.ClH/c1-10(2,9(13)14-3)8(12)7-4-6(11)5-15-7;/h4-5,8H,12H2,1-3H3;1H/t8-;/m0./s1. The van der Waals surface area contributed by atoms with Gasteiger partial charge in [-0.05, 0) is 35.8 Å². The summed E-state index contributed by atoms with van der Waals surface area (Å²) in [6, 6.07) is 1.58. The fourth-order valence-electron chi connectivity index (χ4n) is 1.24. The molecule has 1 aromatic rings. The molecule has 6 heteroatoms. The molecular formula is C10H15BrClNO2S. The van der Waals surface area contributed by atoms with Crippen LogP contribution in [0.3, 0.4) is 0 Å². The Morgan fingerprint density at radius 2 is 2.19 bits per heavy atom. The molecule has 0 aromatic carbocycles.